The number of likely N-dealkylation sites (tertiary alicyclic amines) is 1. The van der Waals surface area contributed by atoms with Crippen molar-refractivity contribution in [2.45, 2.75) is 96.0 Å². The molecule has 3 aliphatic heterocycles. The Morgan fingerprint density at radius 1 is 1.12 bits per heavy atom. The number of alkyl carbamates (subject to hydrolysis) is 1. The lowest BCUT2D eigenvalue weighted by Crippen LogP contribution is -2.65. The predicted octanol–water partition coefficient (Wildman–Crippen LogP) is 3.51. The molecule has 0 aromatic carbocycles. The molecular weight excluding hydrogens is 568 g/mol. The molecule has 0 aromatic rings. The van der Waals surface area contributed by atoms with E-state index in [1.54, 1.807) is 43.8 Å². The second-order valence-electron chi connectivity index (χ2n) is 13.2. The largest absolute Gasteiger partial charge is 0.444 e. The first-order valence-electron chi connectivity index (χ1n) is 14.2. The lowest BCUT2D eigenvalue weighted by atomic mass is 9.96. The van der Waals surface area contributed by atoms with Gasteiger partial charge in [0.05, 0.1) is 11.8 Å². The smallest absolute Gasteiger partial charge is 0.407 e. The summed E-state index contributed by atoms with van der Waals surface area (Å²) in [5.74, 6) is 1.25. The number of β-lactam (4-membered cyclic amide) rings is 1. The van der Waals surface area contributed by atoms with Crippen molar-refractivity contribution in [3.05, 3.63) is 0 Å². The highest BCUT2D eigenvalue weighted by Crippen LogP contribution is 2.52. The minimum Gasteiger partial charge on any atom is -0.444 e. The summed E-state index contributed by atoms with van der Waals surface area (Å²) in [5, 5.41) is 2.56. The van der Waals surface area contributed by atoms with Crippen LogP contribution in [-0.2, 0) is 28.6 Å². The molecule has 232 valence electrons. The van der Waals surface area contributed by atoms with Crippen LogP contribution in [0.15, 0.2) is 4.99 Å². The summed E-state index contributed by atoms with van der Waals surface area (Å²) in [7, 11) is 0. The zero-order chi connectivity index (χ0) is 30.6. The molecule has 13 heteroatoms. The van der Waals surface area contributed by atoms with Crippen molar-refractivity contribution in [3.63, 3.8) is 0 Å². The van der Waals surface area contributed by atoms with Gasteiger partial charge in [-0.3, -0.25) is 14.6 Å². The van der Waals surface area contributed by atoms with E-state index in [0.717, 1.165) is 37.4 Å². The third-order valence-electron chi connectivity index (χ3n) is 6.95. The van der Waals surface area contributed by atoms with Gasteiger partial charge in [0.25, 0.3) is 5.91 Å². The molecule has 3 saturated heterocycles. The minimum absolute atomic E-state index is 0.191. The van der Waals surface area contributed by atoms with E-state index in [4.69, 9.17) is 14.2 Å². The fourth-order valence-corrected chi connectivity index (χ4v) is 7.43. The van der Waals surface area contributed by atoms with Crippen molar-refractivity contribution in [1.29, 1.82) is 0 Å². The Bertz CT molecular complexity index is 1000. The first-order valence-corrected chi connectivity index (χ1v) is 16.2. The number of hydrogen-bond donors (Lipinski definition) is 1. The van der Waals surface area contributed by atoms with Crippen molar-refractivity contribution < 1.29 is 33.4 Å². The molecule has 3 rings (SSSR count). The number of aliphatic imine (C=N–C) groups is 1. The average Bonchev–Trinajstić information content (AvgIpc) is 3.10. The number of piperidine rings is 1. The van der Waals surface area contributed by atoms with Gasteiger partial charge in [0, 0.05) is 30.1 Å². The van der Waals surface area contributed by atoms with E-state index in [-0.39, 0.29) is 17.4 Å². The van der Waals surface area contributed by atoms with E-state index < -0.39 is 46.6 Å². The van der Waals surface area contributed by atoms with Gasteiger partial charge in [0.1, 0.15) is 17.0 Å². The van der Waals surface area contributed by atoms with Gasteiger partial charge < -0.3 is 29.3 Å². The first kappa shape index (κ1) is 33.4. The normalized spacial score (nSPS) is 24.6. The standard InChI is InChI=1S/C28H46N4O7S2/c1-26(2,3)24(35)38-17-37-23(34)20-28(7,8)41-22-19(21(33)32(20)22)30-16-31-12-9-18(10-13-31)15-40-14-11-29-25(36)39-27(4,5)6/h16,18-20,22H,9-15,17H2,1-8H3,(H,29,36)/t19-,20+,22-/m1/s1. The summed E-state index contributed by atoms with van der Waals surface area (Å²) < 4.78 is 15.0. The first-order chi connectivity index (χ1) is 19.0. The molecule has 0 unspecified atom stereocenters. The number of hydrogen-bond acceptors (Lipinski definition) is 10. The molecular formula is C28H46N4O7S2. The quantitative estimate of drug-likeness (QED) is 0.0976. The van der Waals surface area contributed by atoms with E-state index in [1.807, 2.05) is 46.4 Å². The van der Waals surface area contributed by atoms with Gasteiger partial charge in [0.2, 0.25) is 6.79 Å². The number of carbonyl (C=O) groups excluding carboxylic acids is 4. The summed E-state index contributed by atoms with van der Waals surface area (Å²) in [6.45, 7) is 16.4. The van der Waals surface area contributed by atoms with Crippen LogP contribution < -0.4 is 5.32 Å². The maximum absolute atomic E-state index is 13.0. The van der Waals surface area contributed by atoms with Crippen LogP contribution >= 0.6 is 23.5 Å². The van der Waals surface area contributed by atoms with Crippen LogP contribution in [0.5, 0.6) is 0 Å². The molecule has 2 amide bonds. The summed E-state index contributed by atoms with van der Waals surface area (Å²) in [4.78, 5) is 57.9. The van der Waals surface area contributed by atoms with Crippen molar-refractivity contribution in [2.24, 2.45) is 16.3 Å². The summed E-state index contributed by atoms with van der Waals surface area (Å²) in [5.41, 5.74) is -1.19. The van der Waals surface area contributed by atoms with Crippen LogP contribution in [0, 0.1) is 11.3 Å². The molecule has 3 heterocycles. The van der Waals surface area contributed by atoms with E-state index in [0.29, 0.717) is 12.5 Å². The molecule has 1 N–H and O–H groups in total. The number of ether oxygens (including phenoxy) is 3. The maximum Gasteiger partial charge on any atom is 0.407 e. The monoisotopic (exact) mass is 614 g/mol. The van der Waals surface area contributed by atoms with E-state index in [2.05, 4.69) is 15.2 Å². The molecule has 0 radical (unpaired) electrons. The number of nitrogens with one attached hydrogen (secondary N) is 1. The zero-order valence-electron chi connectivity index (χ0n) is 25.6. The molecule has 0 saturated carbocycles. The summed E-state index contributed by atoms with van der Waals surface area (Å²) >= 11 is 3.38. The Balaban J connectivity index is 1.38. The number of fused-ring (bicyclic) bond motifs is 1. The summed E-state index contributed by atoms with van der Waals surface area (Å²) in [6.07, 6.45) is 3.50. The van der Waals surface area contributed by atoms with Crippen molar-refractivity contribution in [3.8, 4) is 0 Å². The van der Waals surface area contributed by atoms with Gasteiger partial charge >= 0.3 is 18.0 Å². The summed E-state index contributed by atoms with van der Waals surface area (Å²) in [6, 6.07) is -1.29. The lowest BCUT2D eigenvalue weighted by Gasteiger charge is -2.42. The molecule has 0 bridgehead atoms. The van der Waals surface area contributed by atoms with Crippen LogP contribution in [0.25, 0.3) is 0 Å². The number of esters is 2. The number of rotatable bonds is 10. The van der Waals surface area contributed by atoms with Gasteiger partial charge in [0.15, 0.2) is 6.04 Å². The van der Waals surface area contributed by atoms with Crippen molar-refractivity contribution in [2.75, 3.05) is 37.9 Å². The zero-order valence-corrected chi connectivity index (χ0v) is 27.2. The molecule has 0 spiro atoms. The number of carbonyl (C=O) groups is 4. The maximum atomic E-state index is 13.0. The van der Waals surface area contributed by atoms with Crippen LogP contribution in [0.2, 0.25) is 0 Å². The van der Waals surface area contributed by atoms with Gasteiger partial charge in [-0.25, -0.2) is 9.59 Å². The molecule has 0 aliphatic carbocycles. The Kier molecular flexibility index (Phi) is 10.9. The Morgan fingerprint density at radius 3 is 2.39 bits per heavy atom. The fraction of sp³-hybridized carbons (Fsp3) is 0.821. The number of amides is 2. The van der Waals surface area contributed by atoms with Gasteiger partial charge in [-0.2, -0.15) is 11.8 Å². The average molecular weight is 615 g/mol. The van der Waals surface area contributed by atoms with Crippen LogP contribution in [0.3, 0.4) is 0 Å². The fourth-order valence-electron chi connectivity index (χ4n) is 4.74. The number of thioether (sulfide) groups is 2. The van der Waals surface area contributed by atoms with Gasteiger partial charge in [-0.05, 0) is 79.9 Å². The predicted molar refractivity (Wildman–Crippen MR) is 161 cm³/mol. The lowest BCUT2D eigenvalue weighted by molar-refractivity contribution is -0.179. The van der Waals surface area contributed by atoms with E-state index in [1.165, 1.54) is 0 Å². The van der Waals surface area contributed by atoms with Crippen molar-refractivity contribution in [1.82, 2.24) is 15.1 Å². The third-order valence-corrected chi connectivity index (χ3v) is 9.70. The topological polar surface area (TPSA) is 127 Å². The second-order valence-corrected chi connectivity index (χ2v) is 16.1. The Labute approximate surface area is 252 Å². The Morgan fingerprint density at radius 2 is 1.78 bits per heavy atom. The second kappa shape index (κ2) is 13.4. The highest BCUT2D eigenvalue weighted by Gasteiger charge is 2.64. The van der Waals surface area contributed by atoms with Gasteiger partial charge in [-0.1, -0.05) is 0 Å². The highest BCUT2D eigenvalue weighted by atomic mass is 32.2. The molecule has 11 nitrogen and oxygen atoms in total. The van der Waals surface area contributed by atoms with E-state index >= 15 is 0 Å². The molecule has 3 fully saturated rings. The molecule has 3 aliphatic rings. The Hall–Kier alpha value is -2.15. The third kappa shape index (κ3) is 9.17. The van der Waals surface area contributed by atoms with Crippen LogP contribution in [-0.4, -0.2) is 106 Å². The van der Waals surface area contributed by atoms with Crippen LogP contribution in [0.1, 0.15) is 68.2 Å². The highest BCUT2D eigenvalue weighted by molar-refractivity contribution is 8.01. The minimum atomic E-state index is -0.766. The van der Waals surface area contributed by atoms with Gasteiger partial charge in [-0.15, -0.1) is 11.8 Å². The van der Waals surface area contributed by atoms with Crippen molar-refractivity contribution >= 4 is 53.8 Å². The molecule has 41 heavy (non-hydrogen) atoms. The number of nitrogens with zero attached hydrogens (tertiary/aromatic N) is 3. The van der Waals surface area contributed by atoms with Crippen LogP contribution in [0.4, 0.5) is 4.79 Å². The molecule has 0 aromatic heterocycles. The SMILES string of the molecule is CC(C)(C)OC(=O)NCCSCC1CCN(C=N[C@@H]2C(=O)N3[C@@H]2SC(C)(C)[C@@H]3C(=O)OCOC(=O)C(C)(C)C)CC1. The molecule has 3 atom stereocenters. The van der Waals surface area contributed by atoms with E-state index in [9.17, 15) is 19.2 Å².